The highest BCUT2D eigenvalue weighted by Crippen LogP contribution is 2.26. The van der Waals surface area contributed by atoms with E-state index in [-0.39, 0.29) is 5.78 Å². The predicted molar refractivity (Wildman–Crippen MR) is 72.1 cm³/mol. The van der Waals surface area contributed by atoms with Crippen LogP contribution in [0.5, 0.6) is 11.6 Å². The number of carbonyl (C=O) groups excluding carboxylic acids is 1. The Bertz CT molecular complexity index is 604. The largest absolute Gasteiger partial charge is 0.490 e. The molecule has 5 nitrogen and oxygen atoms in total. The molecular formula is C15H14N2O3. The average Bonchev–Trinajstić information content (AvgIpc) is 3.31. The van der Waals surface area contributed by atoms with Gasteiger partial charge in [-0.3, -0.25) is 4.79 Å². The van der Waals surface area contributed by atoms with E-state index in [9.17, 15) is 4.79 Å². The van der Waals surface area contributed by atoms with Gasteiger partial charge in [-0.15, -0.1) is 10.2 Å². The number of rotatable bonds is 5. The van der Waals surface area contributed by atoms with Gasteiger partial charge in [-0.25, -0.2) is 0 Å². The number of benzene rings is 1. The van der Waals surface area contributed by atoms with Crippen molar-refractivity contribution in [2.75, 3.05) is 7.11 Å². The van der Waals surface area contributed by atoms with Crippen LogP contribution in [0.3, 0.4) is 0 Å². The van der Waals surface area contributed by atoms with Crippen LogP contribution in [0.2, 0.25) is 0 Å². The topological polar surface area (TPSA) is 61.3 Å². The van der Waals surface area contributed by atoms with E-state index in [1.54, 1.807) is 24.3 Å². The second-order valence-corrected chi connectivity index (χ2v) is 4.63. The third-order valence-electron chi connectivity index (χ3n) is 3.03. The van der Waals surface area contributed by atoms with E-state index in [0.717, 1.165) is 18.6 Å². The van der Waals surface area contributed by atoms with Crippen LogP contribution >= 0.6 is 0 Å². The summed E-state index contributed by atoms with van der Waals surface area (Å²) in [5.74, 6) is 1.01. The Labute approximate surface area is 116 Å². The maximum atomic E-state index is 12.2. The molecule has 0 amide bonds. The summed E-state index contributed by atoms with van der Waals surface area (Å²) in [6.45, 7) is 0. The summed E-state index contributed by atoms with van der Waals surface area (Å²) in [7, 11) is 1.50. The fourth-order valence-electron chi connectivity index (χ4n) is 1.76. The minimum atomic E-state index is -0.168. The van der Waals surface area contributed by atoms with E-state index in [1.807, 2.05) is 12.1 Å². The molecule has 0 N–H and O–H groups in total. The Morgan fingerprint density at radius 1 is 1.10 bits per heavy atom. The summed E-state index contributed by atoms with van der Waals surface area (Å²) < 4.78 is 10.6. The second-order valence-electron chi connectivity index (χ2n) is 4.63. The molecule has 1 aromatic carbocycles. The van der Waals surface area contributed by atoms with Gasteiger partial charge in [0.25, 0.3) is 0 Å². The van der Waals surface area contributed by atoms with Crippen molar-refractivity contribution in [3.05, 3.63) is 47.7 Å². The van der Waals surface area contributed by atoms with Crippen molar-refractivity contribution in [3.63, 3.8) is 0 Å². The molecule has 20 heavy (non-hydrogen) atoms. The first-order valence-electron chi connectivity index (χ1n) is 6.45. The fraction of sp³-hybridized carbons (Fsp3) is 0.267. The summed E-state index contributed by atoms with van der Waals surface area (Å²) in [6.07, 6.45) is 2.58. The number of hydrogen-bond acceptors (Lipinski definition) is 5. The standard InChI is InChI=1S/C15H14N2O3/c1-19-14-9-8-13(16-17-14)15(18)10-2-4-11(5-3-10)20-12-6-7-12/h2-5,8-9,12H,6-7H2,1H3. The lowest BCUT2D eigenvalue weighted by Gasteiger charge is -2.05. The molecule has 1 aliphatic rings. The van der Waals surface area contributed by atoms with Crippen molar-refractivity contribution < 1.29 is 14.3 Å². The van der Waals surface area contributed by atoms with Crippen LogP contribution in [-0.4, -0.2) is 29.2 Å². The molecule has 0 saturated heterocycles. The van der Waals surface area contributed by atoms with E-state index in [4.69, 9.17) is 9.47 Å². The Hall–Kier alpha value is -2.43. The highest BCUT2D eigenvalue weighted by Gasteiger charge is 2.23. The van der Waals surface area contributed by atoms with Crippen LogP contribution in [0.15, 0.2) is 36.4 Å². The quantitative estimate of drug-likeness (QED) is 0.780. The van der Waals surface area contributed by atoms with E-state index in [0.29, 0.717) is 23.2 Å². The molecule has 1 aliphatic carbocycles. The third-order valence-corrected chi connectivity index (χ3v) is 3.03. The van der Waals surface area contributed by atoms with Crippen molar-refractivity contribution in [2.45, 2.75) is 18.9 Å². The lowest BCUT2D eigenvalue weighted by Crippen LogP contribution is -2.06. The summed E-state index contributed by atoms with van der Waals surface area (Å²) in [5, 5.41) is 7.64. The average molecular weight is 270 g/mol. The lowest BCUT2D eigenvalue weighted by molar-refractivity contribution is 0.103. The normalized spacial score (nSPS) is 13.8. The number of ether oxygens (including phenoxy) is 2. The molecule has 5 heteroatoms. The first-order chi connectivity index (χ1) is 9.76. The van der Waals surface area contributed by atoms with Crippen LogP contribution < -0.4 is 9.47 Å². The minimum Gasteiger partial charge on any atom is -0.490 e. The Morgan fingerprint density at radius 3 is 2.40 bits per heavy atom. The molecule has 0 bridgehead atoms. The molecule has 2 aromatic rings. The van der Waals surface area contributed by atoms with E-state index < -0.39 is 0 Å². The Balaban J connectivity index is 1.74. The van der Waals surface area contributed by atoms with Crippen molar-refractivity contribution in [1.29, 1.82) is 0 Å². The van der Waals surface area contributed by atoms with Gasteiger partial charge in [-0.2, -0.15) is 0 Å². The van der Waals surface area contributed by atoms with Crippen molar-refractivity contribution in [2.24, 2.45) is 0 Å². The number of carbonyl (C=O) groups is 1. The van der Waals surface area contributed by atoms with Gasteiger partial charge in [0.15, 0.2) is 0 Å². The lowest BCUT2D eigenvalue weighted by atomic mass is 10.1. The number of ketones is 1. The molecule has 0 unspecified atom stereocenters. The van der Waals surface area contributed by atoms with Crippen molar-refractivity contribution >= 4 is 5.78 Å². The van der Waals surface area contributed by atoms with Gasteiger partial charge in [0.05, 0.1) is 13.2 Å². The van der Waals surface area contributed by atoms with Gasteiger partial charge in [-0.05, 0) is 43.2 Å². The van der Waals surface area contributed by atoms with E-state index >= 15 is 0 Å². The van der Waals surface area contributed by atoms with E-state index in [1.165, 1.54) is 7.11 Å². The van der Waals surface area contributed by atoms with Crippen LogP contribution in [0, 0.1) is 0 Å². The van der Waals surface area contributed by atoms with Gasteiger partial charge in [0, 0.05) is 11.6 Å². The third kappa shape index (κ3) is 2.77. The smallest absolute Gasteiger partial charge is 0.233 e. The van der Waals surface area contributed by atoms with Gasteiger partial charge in [-0.1, -0.05) is 0 Å². The minimum absolute atomic E-state index is 0.168. The van der Waals surface area contributed by atoms with Gasteiger partial charge in [0.1, 0.15) is 11.4 Å². The van der Waals surface area contributed by atoms with Gasteiger partial charge >= 0.3 is 0 Å². The zero-order chi connectivity index (χ0) is 13.9. The van der Waals surface area contributed by atoms with Crippen molar-refractivity contribution in [3.8, 4) is 11.6 Å². The molecule has 0 aliphatic heterocycles. The molecule has 0 radical (unpaired) electrons. The fourth-order valence-corrected chi connectivity index (χ4v) is 1.76. The molecule has 0 atom stereocenters. The van der Waals surface area contributed by atoms with Crippen molar-refractivity contribution in [1.82, 2.24) is 10.2 Å². The monoisotopic (exact) mass is 270 g/mol. The molecule has 1 fully saturated rings. The van der Waals surface area contributed by atoms with Crippen LogP contribution in [0.1, 0.15) is 28.9 Å². The van der Waals surface area contributed by atoms with Gasteiger partial charge in [0.2, 0.25) is 11.7 Å². The molecule has 1 aromatic heterocycles. The number of aromatic nitrogens is 2. The predicted octanol–water partition coefficient (Wildman–Crippen LogP) is 2.26. The maximum Gasteiger partial charge on any atom is 0.233 e. The number of hydrogen-bond donors (Lipinski definition) is 0. The zero-order valence-corrected chi connectivity index (χ0v) is 11.1. The van der Waals surface area contributed by atoms with Crippen LogP contribution in [0.25, 0.3) is 0 Å². The van der Waals surface area contributed by atoms with Crippen LogP contribution in [0.4, 0.5) is 0 Å². The summed E-state index contributed by atoms with van der Waals surface area (Å²) in [6, 6.07) is 10.3. The maximum absolute atomic E-state index is 12.2. The first kappa shape index (κ1) is 12.6. The summed E-state index contributed by atoms with van der Waals surface area (Å²) >= 11 is 0. The Kier molecular flexibility index (Phi) is 3.33. The summed E-state index contributed by atoms with van der Waals surface area (Å²) in [5.41, 5.74) is 0.856. The molecule has 102 valence electrons. The number of methoxy groups -OCH3 is 1. The first-order valence-corrected chi connectivity index (χ1v) is 6.45. The summed E-state index contributed by atoms with van der Waals surface area (Å²) in [4.78, 5) is 12.2. The highest BCUT2D eigenvalue weighted by atomic mass is 16.5. The highest BCUT2D eigenvalue weighted by molar-refractivity contribution is 6.07. The SMILES string of the molecule is COc1ccc(C(=O)c2ccc(OC3CC3)cc2)nn1. The molecule has 3 rings (SSSR count). The van der Waals surface area contributed by atoms with Crippen LogP contribution in [-0.2, 0) is 0 Å². The zero-order valence-electron chi connectivity index (χ0n) is 11.1. The molecule has 1 heterocycles. The van der Waals surface area contributed by atoms with Gasteiger partial charge < -0.3 is 9.47 Å². The van der Waals surface area contributed by atoms with E-state index in [2.05, 4.69) is 10.2 Å². The molecular weight excluding hydrogens is 256 g/mol. The Morgan fingerprint density at radius 2 is 1.85 bits per heavy atom. The second kappa shape index (κ2) is 5.28. The molecule has 1 saturated carbocycles. The number of nitrogens with zero attached hydrogens (tertiary/aromatic N) is 2. The molecule has 0 spiro atoms.